The van der Waals surface area contributed by atoms with Crippen molar-refractivity contribution in [3.8, 4) is 22.0 Å². The topological polar surface area (TPSA) is 45.8 Å². The van der Waals surface area contributed by atoms with E-state index in [9.17, 15) is 4.79 Å². The Balaban J connectivity index is 2.17. The van der Waals surface area contributed by atoms with Crippen LogP contribution in [0.4, 0.5) is 0 Å². The van der Waals surface area contributed by atoms with Crippen LogP contribution >= 0.6 is 11.3 Å². The van der Waals surface area contributed by atoms with Crippen molar-refractivity contribution in [2.45, 2.75) is 6.92 Å². The lowest BCUT2D eigenvalue weighted by atomic mass is 10.2. The molecule has 3 aromatic rings. The summed E-state index contributed by atoms with van der Waals surface area (Å²) in [4.78, 5) is 20.2. The standard InChI is InChI=1S/C15H12N2OS/c1-10-7-8-19-14(10)12-9-13(18)17-15(16-12)11-5-3-2-4-6-11/h2-9H,1H3,(H,16,17,18). The minimum atomic E-state index is -0.128. The Morgan fingerprint density at radius 2 is 1.95 bits per heavy atom. The van der Waals surface area contributed by atoms with Crippen LogP contribution < -0.4 is 5.56 Å². The number of benzene rings is 1. The summed E-state index contributed by atoms with van der Waals surface area (Å²) in [7, 11) is 0. The molecule has 0 aliphatic rings. The van der Waals surface area contributed by atoms with E-state index >= 15 is 0 Å². The van der Waals surface area contributed by atoms with Gasteiger partial charge in [-0.2, -0.15) is 0 Å². The van der Waals surface area contributed by atoms with E-state index in [2.05, 4.69) is 9.97 Å². The number of H-pyrrole nitrogens is 1. The molecule has 0 atom stereocenters. The first-order chi connectivity index (χ1) is 9.24. The molecule has 2 aromatic heterocycles. The van der Waals surface area contributed by atoms with Gasteiger partial charge in [0.05, 0.1) is 10.6 Å². The van der Waals surface area contributed by atoms with Gasteiger partial charge in [0.1, 0.15) is 5.82 Å². The van der Waals surface area contributed by atoms with E-state index in [0.717, 1.165) is 21.7 Å². The number of rotatable bonds is 2. The molecule has 1 N–H and O–H groups in total. The molecule has 0 spiro atoms. The molecule has 0 aliphatic heterocycles. The Hall–Kier alpha value is -2.20. The van der Waals surface area contributed by atoms with Crippen LogP contribution in [0.5, 0.6) is 0 Å². The fraction of sp³-hybridized carbons (Fsp3) is 0.0667. The van der Waals surface area contributed by atoms with Crippen LogP contribution in [0.25, 0.3) is 22.0 Å². The lowest BCUT2D eigenvalue weighted by Gasteiger charge is -2.04. The highest BCUT2D eigenvalue weighted by Gasteiger charge is 2.08. The molecular formula is C15H12N2OS. The summed E-state index contributed by atoms with van der Waals surface area (Å²) in [5, 5.41) is 2.01. The normalized spacial score (nSPS) is 10.6. The van der Waals surface area contributed by atoms with Crippen LogP contribution in [0.1, 0.15) is 5.56 Å². The molecule has 0 bridgehead atoms. The van der Waals surface area contributed by atoms with Crippen molar-refractivity contribution in [1.82, 2.24) is 9.97 Å². The molecule has 0 amide bonds. The molecule has 19 heavy (non-hydrogen) atoms. The maximum Gasteiger partial charge on any atom is 0.251 e. The predicted octanol–water partition coefficient (Wildman–Crippen LogP) is 3.47. The highest BCUT2D eigenvalue weighted by molar-refractivity contribution is 7.13. The first kappa shape index (κ1) is 11.9. The van der Waals surface area contributed by atoms with Crippen molar-refractivity contribution >= 4 is 11.3 Å². The minimum Gasteiger partial charge on any atom is -0.306 e. The molecular weight excluding hydrogens is 256 g/mol. The van der Waals surface area contributed by atoms with Gasteiger partial charge in [-0.25, -0.2) is 4.98 Å². The lowest BCUT2D eigenvalue weighted by molar-refractivity contribution is 1.13. The Kier molecular flexibility index (Phi) is 3.01. The Morgan fingerprint density at radius 3 is 2.63 bits per heavy atom. The molecule has 0 unspecified atom stereocenters. The van der Waals surface area contributed by atoms with Crippen LogP contribution in [0, 0.1) is 6.92 Å². The zero-order chi connectivity index (χ0) is 13.2. The number of hydrogen-bond donors (Lipinski definition) is 1. The number of nitrogens with zero attached hydrogens (tertiary/aromatic N) is 1. The molecule has 0 saturated heterocycles. The Bertz CT molecular complexity index is 759. The lowest BCUT2D eigenvalue weighted by Crippen LogP contribution is -2.08. The summed E-state index contributed by atoms with van der Waals surface area (Å²) in [6.45, 7) is 2.02. The molecule has 0 fully saturated rings. The van der Waals surface area contributed by atoms with Gasteiger partial charge in [-0.3, -0.25) is 4.79 Å². The summed E-state index contributed by atoms with van der Waals surface area (Å²) >= 11 is 1.60. The van der Waals surface area contributed by atoms with E-state index in [0.29, 0.717) is 5.82 Å². The smallest absolute Gasteiger partial charge is 0.251 e. The summed E-state index contributed by atoms with van der Waals surface area (Å²) in [5.74, 6) is 0.607. The molecule has 2 heterocycles. The van der Waals surface area contributed by atoms with Gasteiger partial charge in [0.2, 0.25) is 0 Å². The summed E-state index contributed by atoms with van der Waals surface area (Å²) in [5.41, 5.74) is 2.66. The van der Waals surface area contributed by atoms with Gasteiger partial charge >= 0.3 is 0 Å². The van der Waals surface area contributed by atoms with Crippen molar-refractivity contribution in [2.24, 2.45) is 0 Å². The SMILES string of the molecule is Cc1ccsc1-c1cc(=O)[nH]c(-c2ccccc2)n1. The number of nitrogens with one attached hydrogen (secondary N) is 1. The maximum absolute atomic E-state index is 11.8. The zero-order valence-corrected chi connectivity index (χ0v) is 11.2. The molecule has 94 valence electrons. The average molecular weight is 268 g/mol. The van der Waals surface area contributed by atoms with Crippen LogP contribution in [0.2, 0.25) is 0 Å². The summed E-state index contributed by atoms with van der Waals surface area (Å²) in [6, 6.07) is 13.2. The van der Waals surface area contributed by atoms with E-state index in [1.54, 1.807) is 17.4 Å². The van der Waals surface area contributed by atoms with Crippen LogP contribution in [0.3, 0.4) is 0 Å². The number of aromatic nitrogens is 2. The second kappa shape index (κ2) is 4.82. The quantitative estimate of drug-likeness (QED) is 0.773. The van der Waals surface area contributed by atoms with Gasteiger partial charge in [-0.05, 0) is 23.9 Å². The minimum absolute atomic E-state index is 0.128. The maximum atomic E-state index is 11.8. The molecule has 1 aromatic carbocycles. The number of aromatic amines is 1. The van der Waals surface area contributed by atoms with Crippen molar-refractivity contribution in [3.63, 3.8) is 0 Å². The van der Waals surface area contributed by atoms with Gasteiger partial charge in [0, 0.05) is 11.6 Å². The van der Waals surface area contributed by atoms with Gasteiger partial charge in [0.15, 0.2) is 0 Å². The second-order valence-electron chi connectivity index (χ2n) is 4.28. The molecule has 0 aliphatic carbocycles. The zero-order valence-electron chi connectivity index (χ0n) is 10.4. The largest absolute Gasteiger partial charge is 0.306 e. The molecule has 3 nitrogen and oxygen atoms in total. The average Bonchev–Trinajstić information content (AvgIpc) is 2.85. The van der Waals surface area contributed by atoms with Gasteiger partial charge in [0.25, 0.3) is 5.56 Å². The third kappa shape index (κ3) is 2.35. The van der Waals surface area contributed by atoms with Gasteiger partial charge < -0.3 is 4.98 Å². The first-order valence-electron chi connectivity index (χ1n) is 5.95. The predicted molar refractivity (Wildman–Crippen MR) is 78.3 cm³/mol. The number of hydrogen-bond acceptors (Lipinski definition) is 3. The fourth-order valence-corrected chi connectivity index (χ4v) is 2.83. The van der Waals surface area contributed by atoms with E-state index in [4.69, 9.17) is 0 Å². The Labute approximate surface area is 114 Å². The van der Waals surface area contributed by atoms with Crippen molar-refractivity contribution in [1.29, 1.82) is 0 Å². The van der Waals surface area contributed by atoms with Gasteiger partial charge in [-0.1, -0.05) is 30.3 Å². The second-order valence-corrected chi connectivity index (χ2v) is 5.19. The molecule has 3 rings (SSSR count). The molecule has 4 heteroatoms. The summed E-state index contributed by atoms with van der Waals surface area (Å²) in [6.07, 6.45) is 0. The highest BCUT2D eigenvalue weighted by Crippen LogP contribution is 2.27. The molecule has 0 radical (unpaired) electrons. The fourth-order valence-electron chi connectivity index (χ4n) is 1.94. The Morgan fingerprint density at radius 1 is 1.16 bits per heavy atom. The van der Waals surface area contributed by atoms with Crippen molar-refractivity contribution < 1.29 is 0 Å². The number of aryl methyl sites for hydroxylation is 1. The van der Waals surface area contributed by atoms with Crippen molar-refractivity contribution in [3.05, 3.63) is 63.8 Å². The van der Waals surface area contributed by atoms with E-state index in [-0.39, 0.29) is 5.56 Å². The van der Waals surface area contributed by atoms with Crippen LogP contribution in [-0.2, 0) is 0 Å². The van der Waals surface area contributed by atoms with Crippen LogP contribution in [-0.4, -0.2) is 9.97 Å². The molecule has 0 saturated carbocycles. The van der Waals surface area contributed by atoms with Crippen molar-refractivity contribution in [2.75, 3.05) is 0 Å². The van der Waals surface area contributed by atoms with Gasteiger partial charge in [-0.15, -0.1) is 11.3 Å². The number of thiophene rings is 1. The monoisotopic (exact) mass is 268 g/mol. The van der Waals surface area contributed by atoms with Crippen LogP contribution in [0.15, 0.2) is 52.6 Å². The third-order valence-electron chi connectivity index (χ3n) is 2.88. The first-order valence-corrected chi connectivity index (χ1v) is 6.83. The van der Waals surface area contributed by atoms with E-state index in [1.807, 2.05) is 48.7 Å². The van der Waals surface area contributed by atoms with E-state index < -0.39 is 0 Å². The third-order valence-corrected chi connectivity index (χ3v) is 3.92. The highest BCUT2D eigenvalue weighted by atomic mass is 32.1. The summed E-state index contributed by atoms with van der Waals surface area (Å²) < 4.78 is 0. The van der Waals surface area contributed by atoms with E-state index in [1.165, 1.54) is 0 Å².